The lowest BCUT2D eigenvalue weighted by molar-refractivity contribution is 0.0681. The van der Waals surface area contributed by atoms with Gasteiger partial charge in [-0.1, -0.05) is 13.8 Å². The molecule has 1 N–H and O–H groups in total. The fraction of sp³-hybridized carbons (Fsp3) is 0.571. The largest absolute Gasteiger partial charge is 0.491 e. The summed E-state index contributed by atoms with van der Waals surface area (Å²) in [5.41, 5.74) is -0.215. The summed E-state index contributed by atoms with van der Waals surface area (Å²) >= 11 is 0. The summed E-state index contributed by atoms with van der Waals surface area (Å²) in [5.74, 6) is -0.413. The first kappa shape index (κ1) is 13.6. The van der Waals surface area contributed by atoms with Crippen molar-refractivity contribution in [1.29, 1.82) is 0 Å². The number of methoxy groups -OCH3 is 1. The standard InChI is InChI=1S/C14H19NO4/c1-9(2)14(4-5-14)8-15-7-12(19-3)11(16)6-10(15)13(17)18/h6-7,9H,4-5,8H2,1-3H3,(H,17,18). The summed E-state index contributed by atoms with van der Waals surface area (Å²) in [4.78, 5) is 22.9. The fourth-order valence-electron chi connectivity index (χ4n) is 2.44. The minimum Gasteiger partial charge on any atom is -0.491 e. The molecule has 5 nitrogen and oxygen atoms in total. The van der Waals surface area contributed by atoms with Crippen LogP contribution in [0.25, 0.3) is 0 Å². The van der Waals surface area contributed by atoms with Crippen LogP contribution in [0.4, 0.5) is 0 Å². The van der Waals surface area contributed by atoms with Crippen LogP contribution in [0.5, 0.6) is 5.75 Å². The van der Waals surface area contributed by atoms with Crippen molar-refractivity contribution in [2.45, 2.75) is 33.2 Å². The molecule has 0 atom stereocenters. The Kier molecular flexibility index (Phi) is 3.39. The quantitative estimate of drug-likeness (QED) is 0.884. The maximum Gasteiger partial charge on any atom is 0.352 e. The number of carboxylic acid groups (broad SMARTS) is 1. The van der Waals surface area contributed by atoms with Crippen molar-refractivity contribution in [3.63, 3.8) is 0 Å². The predicted molar refractivity (Wildman–Crippen MR) is 70.7 cm³/mol. The number of hydrogen-bond donors (Lipinski definition) is 1. The van der Waals surface area contributed by atoms with Crippen molar-refractivity contribution >= 4 is 5.97 Å². The lowest BCUT2D eigenvalue weighted by Crippen LogP contribution is -2.24. The maximum absolute atomic E-state index is 11.6. The number of nitrogens with zero attached hydrogens (tertiary/aromatic N) is 1. The van der Waals surface area contributed by atoms with Gasteiger partial charge in [-0.15, -0.1) is 0 Å². The normalized spacial score (nSPS) is 16.4. The van der Waals surface area contributed by atoms with Crippen LogP contribution in [0.3, 0.4) is 0 Å². The van der Waals surface area contributed by atoms with Gasteiger partial charge in [0.15, 0.2) is 5.75 Å². The molecule has 19 heavy (non-hydrogen) atoms. The number of carbonyl (C=O) groups is 1. The number of aromatic carboxylic acids is 1. The highest BCUT2D eigenvalue weighted by atomic mass is 16.5. The number of rotatable bonds is 5. The lowest BCUT2D eigenvalue weighted by Gasteiger charge is -2.23. The zero-order valence-corrected chi connectivity index (χ0v) is 11.5. The second kappa shape index (κ2) is 4.72. The Labute approximate surface area is 111 Å². The molecule has 0 bridgehead atoms. The Bertz CT molecular complexity index is 555. The Hall–Kier alpha value is -1.78. The highest BCUT2D eigenvalue weighted by Gasteiger charge is 2.45. The molecule has 0 radical (unpaired) electrons. The summed E-state index contributed by atoms with van der Waals surface area (Å²) in [6, 6.07) is 1.14. The number of aromatic nitrogens is 1. The van der Waals surface area contributed by atoms with E-state index in [1.54, 1.807) is 4.57 Å². The molecule has 1 aliphatic carbocycles. The molecule has 0 saturated heterocycles. The van der Waals surface area contributed by atoms with Gasteiger partial charge >= 0.3 is 5.97 Å². The van der Waals surface area contributed by atoms with Gasteiger partial charge in [-0.25, -0.2) is 4.79 Å². The van der Waals surface area contributed by atoms with Crippen LogP contribution in [-0.2, 0) is 6.54 Å². The van der Waals surface area contributed by atoms with E-state index in [1.165, 1.54) is 13.3 Å². The minimum atomic E-state index is -1.08. The molecule has 0 unspecified atom stereocenters. The molecule has 1 aliphatic rings. The summed E-state index contributed by atoms with van der Waals surface area (Å²) in [6.45, 7) is 4.91. The fourth-order valence-corrected chi connectivity index (χ4v) is 2.44. The van der Waals surface area contributed by atoms with Crippen LogP contribution in [0, 0.1) is 11.3 Å². The van der Waals surface area contributed by atoms with Gasteiger partial charge in [-0.05, 0) is 24.2 Å². The number of carboxylic acids is 1. The van der Waals surface area contributed by atoms with Gasteiger partial charge in [0, 0.05) is 12.6 Å². The van der Waals surface area contributed by atoms with Crippen molar-refractivity contribution in [2.75, 3.05) is 7.11 Å². The van der Waals surface area contributed by atoms with E-state index in [9.17, 15) is 14.7 Å². The summed E-state index contributed by atoms with van der Waals surface area (Å²) in [7, 11) is 1.41. The zero-order valence-electron chi connectivity index (χ0n) is 11.5. The van der Waals surface area contributed by atoms with E-state index in [2.05, 4.69) is 13.8 Å². The Morgan fingerprint density at radius 3 is 2.58 bits per heavy atom. The highest BCUT2D eigenvalue weighted by molar-refractivity contribution is 5.85. The van der Waals surface area contributed by atoms with Crippen LogP contribution < -0.4 is 10.2 Å². The van der Waals surface area contributed by atoms with Gasteiger partial charge in [-0.2, -0.15) is 0 Å². The maximum atomic E-state index is 11.6. The summed E-state index contributed by atoms with van der Waals surface area (Å²) in [6.07, 6.45) is 3.70. The summed E-state index contributed by atoms with van der Waals surface area (Å²) in [5, 5.41) is 9.21. The molecule has 1 heterocycles. The molecule has 2 rings (SSSR count). The molecule has 1 saturated carbocycles. The predicted octanol–water partition coefficient (Wildman–Crippen LogP) is 1.99. The van der Waals surface area contributed by atoms with Gasteiger partial charge in [0.1, 0.15) is 5.69 Å². The molecule has 1 aromatic heterocycles. The van der Waals surface area contributed by atoms with E-state index in [4.69, 9.17) is 4.74 Å². The molecule has 1 fully saturated rings. The lowest BCUT2D eigenvalue weighted by atomic mass is 9.92. The third-order valence-electron chi connectivity index (χ3n) is 4.13. The number of ether oxygens (including phenoxy) is 1. The van der Waals surface area contributed by atoms with Gasteiger partial charge in [-0.3, -0.25) is 4.79 Å². The SMILES string of the molecule is COc1cn(CC2(C(C)C)CC2)c(C(=O)O)cc1=O. The number of pyridine rings is 1. The van der Waals surface area contributed by atoms with Gasteiger partial charge in [0.05, 0.1) is 13.3 Å². The molecular weight excluding hydrogens is 246 g/mol. The molecule has 0 amide bonds. The first-order valence-electron chi connectivity index (χ1n) is 6.41. The van der Waals surface area contributed by atoms with E-state index in [0.717, 1.165) is 18.9 Å². The smallest absolute Gasteiger partial charge is 0.352 e. The average molecular weight is 265 g/mol. The Morgan fingerprint density at radius 2 is 2.16 bits per heavy atom. The van der Waals surface area contributed by atoms with Crippen molar-refractivity contribution in [3.05, 3.63) is 28.2 Å². The van der Waals surface area contributed by atoms with Crippen LogP contribution in [0.15, 0.2) is 17.1 Å². The van der Waals surface area contributed by atoms with Crippen LogP contribution in [0.2, 0.25) is 0 Å². The molecule has 0 aromatic carbocycles. The first-order valence-corrected chi connectivity index (χ1v) is 6.41. The molecular formula is C14H19NO4. The van der Waals surface area contributed by atoms with E-state index >= 15 is 0 Å². The van der Waals surface area contributed by atoms with Crippen molar-refractivity contribution in [3.8, 4) is 5.75 Å². The second-order valence-corrected chi connectivity index (χ2v) is 5.54. The summed E-state index contributed by atoms with van der Waals surface area (Å²) < 4.78 is 6.62. The average Bonchev–Trinajstić information content (AvgIpc) is 3.11. The van der Waals surface area contributed by atoms with Crippen LogP contribution in [0.1, 0.15) is 37.2 Å². The van der Waals surface area contributed by atoms with Gasteiger partial charge in [0.2, 0.25) is 5.43 Å². The molecule has 0 aliphatic heterocycles. The van der Waals surface area contributed by atoms with Gasteiger partial charge < -0.3 is 14.4 Å². The van der Waals surface area contributed by atoms with E-state index in [0.29, 0.717) is 12.5 Å². The molecule has 5 heteroatoms. The topological polar surface area (TPSA) is 68.5 Å². The third-order valence-corrected chi connectivity index (χ3v) is 4.13. The van der Waals surface area contributed by atoms with Crippen molar-refractivity contribution in [2.24, 2.45) is 11.3 Å². The molecule has 104 valence electrons. The first-order chi connectivity index (χ1) is 8.89. The van der Waals surface area contributed by atoms with E-state index in [1.807, 2.05) is 0 Å². The van der Waals surface area contributed by atoms with Gasteiger partial charge in [0.25, 0.3) is 0 Å². The minimum absolute atomic E-state index is 0.0257. The Balaban J connectivity index is 2.43. The highest BCUT2D eigenvalue weighted by Crippen LogP contribution is 2.53. The van der Waals surface area contributed by atoms with E-state index < -0.39 is 11.4 Å². The van der Waals surface area contributed by atoms with Crippen molar-refractivity contribution in [1.82, 2.24) is 4.57 Å². The zero-order chi connectivity index (χ0) is 14.2. The third kappa shape index (κ3) is 2.50. The van der Waals surface area contributed by atoms with Crippen LogP contribution >= 0.6 is 0 Å². The molecule has 0 spiro atoms. The van der Waals surface area contributed by atoms with Crippen molar-refractivity contribution < 1.29 is 14.6 Å². The second-order valence-electron chi connectivity index (χ2n) is 5.54. The Morgan fingerprint density at radius 1 is 1.53 bits per heavy atom. The van der Waals surface area contributed by atoms with E-state index in [-0.39, 0.29) is 16.9 Å². The van der Waals surface area contributed by atoms with Crippen LogP contribution in [-0.4, -0.2) is 22.8 Å². The monoisotopic (exact) mass is 265 g/mol. The number of hydrogen-bond acceptors (Lipinski definition) is 3. The molecule has 1 aromatic rings.